The van der Waals surface area contributed by atoms with Gasteiger partial charge in [0.2, 0.25) is 11.9 Å². The van der Waals surface area contributed by atoms with Gasteiger partial charge in [-0.1, -0.05) is 20.8 Å². The summed E-state index contributed by atoms with van der Waals surface area (Å²) >= 11 is 0. The molecule has 0 bridgehead atoms. The Morgan fingerprint density at radius 3 is 2.80 bits per heavy atom. The monoisotopic (exact) mass is 280 g/mol. The van der Waals surface area contributed by atoms with Gasteiger partial charge >= 0.3 is 6.01 Å². The van der Waals surface area contributed by atoms with Crippen LogP contribution in [0.4, 0.5) is 11.9 Å². The molecule has 0 atom stereocenters. The predicted octanol–water partition coefficient (Wildman–Crippen LogP) is 1.57. The fraction of sp³-hybridized carbons (Fsp3) is 0.769. The second-order valence-electron chi connectivity index (χ2n) is 5.92. The molecule has 1 aromatic heterocycles. The van der Waals surface area contributed by atoms with Crippen molar-refractivity contribution in [2.24, 2.45) is 11.3 Å². The minimum atomic E-state index is 0.269. The van der Waals surface area contributed by atoms with Crippen LogP contribution in [0, 0.1) is 5.41 Å². The van der Waals surface area contributed by atoms with Crippen molar-refractivity contribution in [1.29, 1.82) is 0 Å². The third-order valence-electron chi connectivity index (χ3n) is 3.35. The number of nitrogens with zero attached hydrogens (tertiary/aromatic N) is 4. The molecule has 1 aliphatic heterocycles. The highest BCUT2D eigenvalue weighted by atomic mass is 16.5. The zero-order valence-electron chi connectivity index (χ0n) is 12.5. The van der Waals surface area contributed by atoms with E-state index in [1.165, 1.54) is 6.42 Å². The van der Waals surface area contributed by atoms with Gasteiger partial charge in [-0.3, -0.25) is 5.43 Å². The molecule has 7 heteroatoms. The second kappa shape index (κ2) is 6.21. The van der Waals surface area contributed by atoms with Crippen LogP contribution in [0.1, 0.15) is 40.0 Å². The molecule has 0 amide bonds. The quantitative estimate of drug-likeness (QED) is 0.625. The van der Waals surface area contributed by atoms with Crippen molar-refractivity contribution in [3.63, 3.8) is 0 Å². The van der Waals surface area contributed by atoms with E-state index in [-0.39, 0.29) is 5.41 Å². The molecule has 7 nitrogen and oxygen atoms in total. The number of hydrogen-bond donors (Lipinski definition) is 2. The second-order valence-corrected chi connectivity index (χ2v) is 5.92. The van der Waals surface area contributed by atoms with Crippen molar-refractivity contribution in [3.05, 3.63) is 0 Å². The highest BCUT2D eigenvalue weighted by Crippen LogP contribution is 2.30. The Hall–Kier alpha value is -1.63. The van der Waals surface area contributed by atoms with E-state index >= 15 is 0 Å². The topological polar surface area (TPSA) is 89.2 Å². The summed E-state index contributed by atoms with van der Waals surface area (Å²) in [6.45, 7) is 9.02. The number of nitrogens with two attached hydrogens (primary N) is 1. The summed E-state index contributed by atoms with van der Waals surface area (Å²) in [6, 6.07) is 0.327. The third-order valence-corrected chi connectivity index (χ3v) is 3.35. The number of hydrogen-bond acceptors (Lipinski definition) is 7. The van der Waals surface area contributed by atoms with E-state index in [9.17, 15) is 0 Å². The molecule has 3 N–H and O–H groups in total. The molecule has 2 rings (SSSR count). The summed E-state index contributed by atoms with van der Waals surface area (Å²) in [7, 11) is 0. The largest absolute Gasteiger partial charge is 0.463 e. The maximum Gasteiger partial charge on any atom is 0.323 e. The van der Waals surface area contributed by atoms with E-state index in [0.717, 1.165) is 25.9 Å². The highest BCUT2D eigenvalue weighted by Gasteiger charge is 2.28. The van der Waals surface area contributed by atoms with Gasteiger partial charge in [0.05, 0.1) is 6.61 Å². The third kappa shape index (κ3) is 3.69. The fourth-order valence-electron chi connectivity index (χ4n) is 2.40. The first kappa shape index (κ1) is 14.8. The van der Waals surface area contributed by atoms with Gasteiger partial charge in [0.1, 0.15) is 0 Å². The Balaban J connectivity index is 2.21. The standard InChI is InChI=1S/C13H24N6O/c1-4-8-20-12-16-10(18-14)15-11(17-12)19-7-5-6-13(2,3)9-19/h4-9,14H2,1-3H3,(H,15,16,17,18). The van der Waals surface area contributed by atoms with Crippen molar-refractivity contribution in [1.82, 2.24) is 15.0 Å². The number of hydrazine groups is 1. The van der Waals surface area contributed by atoms with Crippen LogP contribution in [-0.2, 0) is 0 Å². The Bertz CT molecular complexity index is 450. The molecule has 20 heavy (non-hydrogen) atoms. The summed E-state index contributed by atoms with van der Waals surface area (Å²) in [6.07, 6.45) is 3.26. The molecule has 0 aliphatic carbocycles. The lowest BCUT2D eigenvalue weighted by molar-refractivity contribution is 0.282. The Labute approximate surface area is 119 Å². The van der Waals surface area contributed by atoms with Crippen LogP contribution in [0.2, 0.25) is 0 Å². The van der Waals surface area contributed by atoms with E-state index in [0.29, 0.717) is 24.5 Å². The summed E-state index contributed by atoms with van der Waals surface area (Å²) in [5, 5.41) is 0. The molecule has 0 saturated carbocycles. The Kier molecular flexibility index (Phi) is 4.59. The van der Waals surface area contributed by atoms with Crippen LogP contribution in [0.5, 0.6) is 6.01 Å². The van der Waals surface area contributed by atoms with E-state index in [2.05, 4.69) is 39.1 Å². The van der Waals surface area contributed by atoms with Crippen molar-refractivity contribution in [3.8, 4) is 6.01 Å². The molecule has 0 aromatic carbocycles. The summed E-state index contributed by atoms with van der Waals surface area (Å²) in [5.74, 6) is 6.39. The first-order valence-corrected chi connectivity index (χ1v) is 7.14. The number of aromatic nitrogens is 3. The van der Waals surface area contributed by atoms with Crippen LogP contribution in [0.15, 0.2) is 0 Å². The van der Waals surface area contributed by atoms with E-state index in [1.54, 1.807) is 0 Å². The van der Waals surface area contributed by atoms with Gasteiger partial charge in [0, 0.05) is 13.1 Å². The Morgan fingerprint density at radius 1 is 1.35 bits per heavy atom. The summed E-state index contributed by atoms with van der Waals surface area (Å²) < 4.78 is 5.50. The fourth-order valence-corrected chi connectivity index (χ4v) is 2.40. The number of piperidine rings is 1. The molecule has 0 radical (unpaired) electrons. The highest BCUT2D eigenvalue weighted by molar-refractivity contribution is 5.38. The van der Waals surface area contributed by atoms with Crippen LogP contribution >= 0.6 is 0 Å². The van der Waals surface area contributed by atoms with Crippen LogP contribution in [-0.4, -0.2) is 34.6 Å². The SMILES string of the molecule is CCCOc1nc(NN)nc(N2CCCC(C)(C)C2)n1. The van der Waals surface area contributed by atoms with Gasteiger partial charge < -0.3 is 9.64 Å². The number of nitrogens with one attached hydrogen (secondary N) is 1. The lowest BCUT2D eigenvalue weighted by Gasteiger charge is -2.38. The number of ether oxygens (including phenoxy) is 1. The van der Waals surface area contributed by atoms with Crippen LogP contribution < -0.4 is 20.9 Å². The van der Waals surface area contributed by atoms with Crippen LogP contribution in [0.25, 0.3) is 0 Å². The van der Waals surface area contributed by atoms with Crippen molar-refractivity contribution < 1.29 is 4.74 Å². The van der Waals surface area contributed by atoms with Gasteiger partial charge in [-0.15, -0.1) is 0 Å². The number of anilines is 2. The molecule has 1 aromatic rings. The molecule has 112 valence electrons. The molecular formula is C13H24N6O. The molecule has 0 spiro atoms. The van der Waals surface area contributed by atoms with Gasteiger partial charge in [0.15, 0.2) is 0 Å². The maximum atomic E-state index is 5.50. The molecule has 2 heterocycles. The first-order valence-electron chi connectivity index (χ1n) is 7.14. The maximum absolute atomic E-state index is 5.50. The van der Waals surface area contributed by atoms with Gasteiger partial charge in [-0.25, -0.2) is 5.84 Å². The average molecular weight is 280 g/mol. The van der Waals surface area contributed by atoms with Crippen molar-refractivity contribution in [2.45, 2.75) is 40.0 Å². The smallest absolute Gasteiger partial charge is 0.323 e. The minimum absolute atomic E-state index is 0.269. The summed E-state index contributed by atoms with van der Waals surface area (Å²) in [5.41, 5.74) is 2.74. The lowest BCUT2D eigenvalue weighted by Crippen LogP contribution is -2.41. The Morgan fingerprint density at radius 2 is 2.15 bits per heavy atom. The van der Waals surface area contributed by atoms with Gasteiger partial charge in [-0.05, 0) is 24.7 Å². The molecule has 0 unspecified atom stereocenters. The van der Waals surface area contributed by atoms with Gasteiger partial charge in [-0.2, -0.15) is 15.0 Å². The molecule has 1 aliphatic rings. The van der Waals surface area contributed by atoms with Crippen LogP contribution in [0.3, 0.4) is 0 Å². The molecule has 1 fully saturated rings. The van der Waals surface area contributed by atoms with E-state index in [4.69, 9.17) is 10.6 Å². The number of rotatable bonds is 5. The molecule has 1 saturated heterocycles. The van der Waals surface area contributed by atoms with Gasteiger partial charge in [0.25, 0.3) is 0 Å². The lowest BCUT2D eigenvalue weighted by atomic mass is 9.84. The minimum Gasteiger partial charge on any atom is -0.463 e. The van der Waals surface area contributed by atoms with Crippen molar-refractivity contribution >= 4 is 11.9 Å². The number of nitrogen functional groups attached to an aromatic ring is 1. The normalized spacial score (nSPS) is 17.9. The molecular weight excluding hydrogens is 256 g/mol. The summed E-state index contributed by atoms with van der Waals surface area (Å²) in [4.78, 5) is 15.0. The van der Waals surface area contributed by atoms with Crippen molar-refractivity contribution in [2.75, 3.05) is 30.0 Å². The zero-order chi connectivity index (χ0) is 14.6. The van der Waals surface area contributed by atoms with E-state index in [1.807, 2.05) is 6.92 Å². The van der Waals surface area contributed by atoms with E-state index < -0.39 is 0 Å². The predicted molar refractivity (Wildman–Crippen MR) is 78.7 cm³/mol. The first-order chi connectivity index (χ1) is 9.54. The zero-order valence-corrected chi connectivity index (χ0v) is 12.5. The average Bonchev–Trinajstić information content (AvgIpc) is 2.43.